The lowest BCUT2D eigenvalue weighted by Gasteiger charge is -2.25. The summed E-state index contributed by atoms with van der Waals surface area (Å²) in [5.41, 5.74) is 1.55. The summed E-state index contributed by atoms with van der Waals surface area (Å²) in [6, 6.07) is 14.9. The maximum atomic E-state index is 12.0. The number of aliphatic hydroxyl groups excluding tert-OH is 1. The van der Waals surface area contributed by atoms with Gasteiger partial charge in [-0.3, -0.25) is 10.1 Å². The zero-order valence-corrected chi connectivity index (χ0v) is 15.4. The first-order chi connectivity index (χ1) is 12.5. The van der Waals surface area contributed by atoms with Crippen molar-refractivity contribution in [1.29, 1.82) is 0 Å². The highest BCUT2D eigenvalue weighted by molar-refractivity contribution is 7.99. The van der Waals surface area contributed by atoms with Crippen LogP contribution in [-0.2, 0) is 9.53 Å². The topological polar surface area (TPSA) is 89.7 Å². The number of thioether (sulfide) groups is 1. The van der Waals surface area contributed by atoms with Crippen molar-refractivity contribution in [3.05, 3.63) is 75.8 Å². The van der Waals surface area contributed by atoms with Crippen molar-refractivity contribution in [3.63, 3.8) is 0 Å². The van der Waals surface area contributed by atoms with Crippen LogP contribution in [0.4, 0.5) is 0 Å². The van der Waals surface area contributed by atoms with Gasteiger partial charge in [0.15, 0.2) is 0 Å². The fourth-order valence-electron chi connectivity index (χ4n) is 2.63. The average Bonchev–Trinajstić information content (AvgIpc) is 2.62. The van der Waals surface area contributed by atoms with Gasteiger partial charge in [-0.1, -0.05) is 42.5 Å². The number of hydrogen-bond acceptors (Lipinski definition) is 6. The van der Waals surface area contributed by atoms with Crippen molar-refractivity contribution >= 4 is 17.7 Å². The van der Waals surface area contributed by atoms with E-state index in [1.165, 1.54) is 11.8 Å². The monoisotopic (exact) mass is 375 g/mol. The van der Waals surface area contributed by atoms with E-state index in [9.17, 15) is 20.0 Å². The standard InChI is InChI=1S/C19H21NO5S/c1-3-25-19(22)17(21)16(20(23)24)18(15-12-8-7-9-13(15)2)26-14-10-5-4-6-11-14/h4-12,16-18,21H,3H2,1-2H3/t16-,17-,18-/m0/s1. The van der Waals surface area contributed by atoms with Crippen LogP contribution >= 0.6 is 11.8 Å². The molecule has 2 aromatic rings. The van der Waals surface area contributed by atoms with Crippen molar-refractivity contribution in [3.8, 4) is 0 Å². The molecule has 0 amide bonds. The van der Waals surface area contributed by atoms with Crippen LogP contribution in [0.2, 0.25) is 0 Å². The van der Waals surface area contributed by atoms with Crippen molar-refractivity contribution < 1.29 is 19.6 Å². The lowest BCUT2D eigenvalue weighted by atomic mass is 9.97. The molecule has 3 atom stereocenters. The van der Waals surface area contributed by atoms with Crippen LogP contribution in [0.1, 0.15) is 23.3 Å². The number of aliphatic hydroxyl groups is 1. The van der Waals surface area contributed by atoms with Crippen molar-refractivity contribution in [1.82, 2.24) is 0 Å². The number of benzene rings is 2. The van der Waals surface area contributed by atoms with Crippen LogP contribution in [0, 0.1) is 17.0 Å². The molecule has 0 saturated heterocycles. The molecule has 0 saturated carbocycles. The van der Waals surface area contributed by atoms with Crippen LogP contribution in [0.25, 0.3) is 0 Å². The Hall–Kier alpha value is -2.38. The first kappa shape index (κ1) is 19.9. The van der Waals surface area contributed by atoms with Gasteiger partial charge >= 0.3 is 5.97 Å². The molecule has 0 bridgehead atoms. The number of esters is 1. The molecule has 0 aliphatic heterocycles. The Labute approximate surface area is 156 Å². The summed E-state index contributed by atoms with van der Waals surface area (Å²) in [5.74, 6) is -0.985. The largest absolute Gasteiger partial charge is 0.464 e. The first-order valence-corrected chi connectivity index (χ1v) is 9.09. The van der Waals surface area contributed by atoms with Gasteiger partial charge in [0.05, 0.1) is 6.61 Å². The molecule has 0 heterocycles. The molecule has 0 unspecified atom stereocenters. The number of ether oxygens (including phenoxy) is 1. The normalized spacial score (nSPS) is 14.3. The number of hydrogen-bond donors (Lipinski definition) is 1. The van der Waals surface area contributed by atoms with Crippen LogP contribution in [0.15, 0.2) is 59.5 Å². The van der Waals surface area contributed by atoms with E-state index >= 15 is 0 Å². The van der Waals surface area contributed by atoms with Gasteiger partial charge in [0.25, 0.3) is 6.04 Å². The van der Waals surface area contributed by atoms with Crippen LogP contribution < -0.4 is 0 Å². The van der Waals surface area contributed by atoms with Crippen molar-refractivity contribution in [2.24, 2.45) is 0 Å². The van der Waals surface area contributed by atoms with Gasteiger partial charge in [0.1, 0.15) is 5.25 Å². The number of carbonyl (C=O) groups excluding carboxylic acids is 1. The number of rotatable bonds is 8. The molecule has 2 aromatic carbocycles. The molecule has 0 radical (unpaired) electrons. The summed E-state index contributed by atoms with van der Waals surface area (Å²) in [6.07, 6.45) is -1.86. The Morgan fingerprint density at radius 1 is 1.19 bits per heavy atom. The van der Waals surface area contributed by atoms with E-state index in [1.54, 1.807) is 19.1 Å². The molecule has 7 heteroatoms. The molecular formula is C19H21NO5S. The third-order valence-corrected chi connectivity index (χ3v) is 5.24. The molecule has 0 aliphatic carbocycles. The average molecular weight is 375 g/mol. The molecular weight excluding hydrogens is 354 g/mol. The highest BCUT2D eigenvalue weighted by Crippen LogP contribution is 2.41. The third-order valence-electron chi connectivity index (χ3n) is 3.91. The summed E-state index contributed by atoms with van der Waals surface area (Å²) < 4.78 is 4.80. The molecule has 0 spiro atoms. The Bertz CT molecular complexity index is 753. The second-order valence-electron chi connectivity index (χ2n) is 5.68. The second-order valence-corrected chi connectivity index (χ2v) is 6.90. The van der Waals surface area contributed by atoms with E-state index in [0.717, 1.165) is 10.5 Å². The minimum atomic E-state index is -1.86. The fourth-order valence-corrected chi connectivity index (χ4v) is 4.01. The number of nitrogens with zero attached hydrogens (tertiary/aromatic N) is 1. The third kappa shape index (κ3) is 4.83. The summed E-state index contributed by atoms with van der Waals surface area (Å²) in [5, 5.41) is 21.4. The van der Waals surface area contributed by atoms with E-state index < -0.39 is 28.3 Å². The highest BCUT2D eigenvalue weighted by Gasteiger charge is 2.45. The molecule has 26 heavy (non-hydrogen) atoms. The SMILES string of the molecule is CCOC(=O)[C@@H](O)[C@@H]([C@@H](Sc1ccccc1)c1ccccc1C)[N+](=O)[O-]. The van der Waals surface area contributed by atoms with Crippen molar-refractivity contribution in [2.45, 2.75) is 36.1 Å². The van der Waals surface area contributed by atoms with Gasteiger partial charge in [-0.25, -0.2) is 4.79 Å². The van der Waals surface area contributed by atoms with Gasteiger partial charge in [-0.15, -0.1) is 11.8 Å². The molecule has 0 aliphatic rings. The maximum Gasteiger partial charge on any atom is 0.342 e. The smallest absolute Gasteiger partial charge is 0.342 e. The quantitative estimate of drug-likeness (QED) is 0.329. The lowest BCUT2D eigenvalue weighted by Crippen LogP contribution is -2.44. The Kier molecular flexibility index (Phi) is 7.17. The molecule has 6 nitrogen and oxygen atoms in total. The minimum absolute atomic E-state index is 0.0428. The fraction of sp³-hybridized carbons (Fsp3) is 0.316. The van der Waals surface area contributed by atoms with E-state index in [4.69, 9.17) is 4.74 Å². The first-order valence-electron chi connectivity index (χ1n) is 8.21. The van der Waals surface area contributed by atoms with E-state index in [2.05, 4.69) is 0 Å². The molecule has 2 rings (SSSR count). The zero-order chi connectivity index (χ0) is 19.1. The van der Waals surface area contributed by atoms with Gasteiger partial charge in [0, 0.05) is 9.82 Å². The predicted molar refractivity (Wildman–Crippen MR) is 99.6 cm³/mol. The molecule has 138 valence electrons. The second kappa shape index (κ2) is 9.35. The summed E-state index contributed by atoms with van der Waals surface area (Å²) in [4.78, 5) is 24.0. The molecule has 0 aromatic heterocycles. The van der Waals surface area contributed by atoms with E-state index in [-0.39, 0.29) is 6.61 Å². The number of carbonyl (C=O) groups is 1. The van der Waals surface area contributed by atoms with Gasteiger partial charge in [-0.05, 0) is 37.1 Å². The Morgan fingerprint density at radius 2 is 1.81 bits per heavy atom. The van der Waals surface area contributed by atoms with Crippen LogP contribution in [0.5, 0.6) is 0 Å². The summed E-state index contributed by atoms with van der Waals surface area (Å²) in [6.45, 7) is 3.48. The predicted octanol–water partition coefficient (Wildman–Crippen LogP) is 3.40. The Morgan fingerprint density at radius 3 is 2.38 bits per heavy atom. The minimum Gasteiger partial charge on any atom is -0.464 e. The summed E-state index contributed by atoms with van der Waals surface area (Å²) >= 11 is 1.25. The number of aryl methyl sites for hydroxylation is 1. The summed E-state index contributed by atoms with van der Waals surface area (Å²) in [7, 11) is 0. The van der Waals surface area contributed by atoms with Crippen LogP contribution in [-0.4, -0.2) is 34.8 Å². The molecule has 0 fully saturated rings. The number of nitro groups is 1. The van der Waals surface area contributed by atoms with Gasteiger partial charge in [-0.2, -0.15) is 0 Å². The highest BCUT2D eigenvalue weighted by atomic mass is 32.2. The van der Waals surface area contributed by atoms with Crippen LogP contribution in [0.3, 0.4) is 0 Å². The Balaban J connectivity index is 2.47. The zero-order valence-electron chi connectivity index (χ0n) is 14.6. The maximum absolute atomic E-state index is 12.0. The van der Waals surface area contributed by atoms with E-state index in [0.29, 0.717) is 5.56 Å². The lowest BCUT2D eigenvalue weighted by molar-refractivity contribution is -0.531. The van der Waals surface area contributed by atoms with Crippen molar-refractivity contribution in [2.75, 3.05) is 6.61 Å². The molecule has 1 N–H and O–H groups in total. The van der Waals surface area contributed by atoms with E-state index in [1.807, 2.05) is 49.4 Å². The van der Waals surface area contributed by atoms with Gasteiger partial charge < -0.3 is 9.84 Å². The van der Waals surface area contributed by atoms with Gasteiger partial charge in [0.2, 0.25) is 6.10 Å².